The van der Waals surface area contributed by atoms with E-state index in [0.717, 1.165) is 36.5 Å². The van der Waals surface area contributed by atoms with E-state index in [2.05, 4.69) is 32.0 Å². The molecule has 1 aromatic carbocycles. The maximum Gasteiger partial charge on any atom is 0.119 e. The van der Waals surface area contributed by atoms with E-state index in [0.29, 0.717) is 11.5 Å². The first-order valence-electron chi connectivity index (χ1n) is 10.5. The molecule has 0 radical (unpaired) electrons. The maximum absolute atomic E-state index is 6.38. The second kappa shape index (κ2) is 6.95. The van der Waals surface area contributed by atoms with Crippen molar-refractivity contribution in [3.05, 3.63) is 29.3 Å². The van der Waals surface area contributed by atoms with Crippen LogP contribution in [0, 0.1) is 17.3 Å². The number of aryl methyl sites for hydroxylation is 1. The monoisotopic (exact) mass is 342 g/mol. The van der Waals surface area contributed by atoms with Crippen molar-refractivity contribution >= 4 is 0 Å². The summed E-state index contributed by atoms with van der Waals surface area (Å²) in [6.45, 7) is 5.59. The number of hydrogen-bond acceptors (Lipinski definition) is 2. The molecular formula is C23H34O2. The van der Waals surface area contributed by atoms with E-state index in [4.69, 9.17) is 9.47 Å². The Kier molecular flexibility index (Phi) is 4.83. The van der Waals surface area contributed by atoms with Crippen LogP contribution in [-0.2, 0) is 11.2 Å². The molecule has 2 saturated carbocycles. The quantitative estimate of drug-likeness (QED) is 0.679. The Labute approximate surface area is 153 Å². The third-order valence-corrected chi connectivity index (χ3v) is 7.75. The molecule has 0 bridgehead atoms. The largest absolute Gasteiger partial charge is 0.497 e. The van der Waals surface area contributed by atoms with Gasteiger partial charge in [0.15, 0.2) is 0 Å². The Balaban J connectivity index is 1.61. The molecule has 0 heterocycles. The second-order valence-electron chi connectivity index (χ2n) is 8.54. The molecule has 0 spiro atoms. The lowest BCUT2D eigenvalue weighted by Gasteiger charge is -2.52. The number of hydrogen-bond donors (Lipinski definition) is 0. The van der Waals surface area contributed by atoms with Crippen LogP contribution in [0.5, 0.6) is 5.75 Å². The van der Waals surface area contributed by atoms with Crippen LogP contribution in [0.25, 0.3) is 0 Å². The number of methoxy groups -OCH3 is 1. The van der Waals surface area contributed by atoms with Crippen molar-refractivity contribution in [2.75, 3.05) is 13.7 Å². The number of benzene rings is 1. The molecule has 2 fully saturated rings. The second-order valence-corrected chi connectivity index (χ2v) is 8.54. The van der Waals surface area contributed by atoms with Crippen molar-refractivity contribution in [3.8, 4) is 5.75 Å². The molecule has 2 heteroatoms. The highest BCUT2D eigenvalue weighted by Crippen LogP contribution is 2.63. The number of ether oxygens (including phenoxy) is 2. The van der Waals surface area contributed by atoms with Crippen molar-refractivity contribution in [2.24, 2.45) is 17.3 Å². The van der Waals surface area contributed by atoms with Gasteiger partial charge in [-0.15, -0.1) is 0 Å². The van der Waals surface area contributed by atoms with E-state index >= 15 is 0 Å². The summed E-state index contributed by atoms with van der Waals surface area (Å²) in [6.07, 6.45) is 10.9. The van der Waals surface area contributed by atoms with Gasteiger partial charge in [0.1, 0.15) is 5.75 Å². The molecule has 0 aromatic heterocycles. The Morgan fingerprint density at radius 3 is 2.76 bits per heavy atom. The fraction of sp³-hybridized carbons (Fsp3) is 0.739. The highest BCUT2D eigenvalue weighted by atomic mass is 16.5. The zero-order chi connectivity index (χ0) is 17.4. The average Bonchev–Trinajstić information content (AvgIpc) is 3.04. The highest BCUT2D eigenvalue weighted by Gasteiger charge is 2.56. The van der Waals surface area contributed by atoms with Crippen LogP contribution in [-0.4, -0.2) is 19.8 Å². The standard InChI is InChI=1S/C23H34O2/c1-4-14-25-22-11-10-21-20-8-6-16-15-17(24-3)7-9-18(16)19(20)12-13-23(21,22)5-2/h7,9,15,19-22H,4-6,8,10-14H2,1-3H3/t19-,20-,21+,22+,23?/m1/s1. The lowest BCUT2D eigenvalue weighted by atomic mass is 9.54. The summed E-state index contributed by atoms with van der Waals surface area (Å²) >= 11 is 0. The zero-order valence-electron chi connectivity index (χ0n) is 16.2. The van der Waals surface area contributed by atoms with Crippen LogP contribution >= 0.6 is 0 Å². The van der Waals surface area contributed by atoms with E-state index in [9.17, 15) is 0 Å². The first-order chi connectivity index (χ1) is 12.2. The highest BCUT2D eigenvalue weighted by molar-refractivity contribution is 5.40. The van der Waals surface area contributed by atoms with Gasteiger partial charge in [0.05, 0.1) is 13.2 Å². The Hall–Kier alpha value is -1.02. The molecule has 4 rings (SSSR count). The van der Waals surface area contributed by atoms with E-state index < -0.39 is 0 Å². The van der Waals surface area contributed by atoms with Crippen LogP contribution < -0.4 is 4.74 Å². The van der Waals surface area contributed by atoms with Crippen molar-refractivity contribution in [1.29, 1.82) is 0 Å². The normalized spacial score (nSPS) is 36.4. The van der Waals surface area contributed by atoms with E-state index in [-0.39, 0.29) is 0 Å². The molecule has 138 valence electrons. The smallest absolute Gasteiger partial charge is 0.119 e. The summed E-state index contributed by atoms with van der Waals surface area (Å²) < 4.78 is 11.8. The summed E-state index contributed by atoms with van der Waals surface area (Å²) in [7, 11) is 1.78. The van der Waals surface area contributed by atoms with E-state index in [1.54, 1.807) is 18.2 Å². The molecule has 1 aromatic rings. The Morgan fingerprint density at radius 2 is 2.00 bits per heavy atom. The minimum absolute atomic E-state index is 0.459. The average molecular weight is 343 g/mol. The SMILES string of the molecule is CCCO[C@H]1CC[C@H]2[C@@H]3CCc4cc(OC)ccc4[C@H]3CCC12CC. The Bertz CT molecular complexity index is 610. The van der Waals surface area contributed by atoms with Crippen molar-refractivity contribution < 1.29 is 9.47 Å². The molecular weight excluding hydrogens is 308 g/mol. The fourth-order valence-corrected chi connectivity index (χ4v) is 6.62. The van der Waals surface area contributed by atoms with Gasteiger partial charge < -0.3 is 9.47 Å². The summed E-state index contributed by atoms with van der Waals surface area (Å²) in [6, 6.07) is 6.82. The van der Waals surface area contributed by atoms with Gasteiger partial charge in [-0.2, -0.15) is 0 Å². The van der Waals surface area contributed by atoms with Crippen LogP contribution in [0.4, 0.5) is 0 Å². The van der Waals surface area contributed by atoms with Crippen molar-refractivity contribution in [3.63, 3.8) is 0 Å². The summed E-state index contributed by atoms with van der Waals surface area (Å²) in [5.41, 5.74) is 3.63. The molecule has 3 aliphatic carbocycles. The third-order valence-electron chi connectivity index (χ3n) is 7.75. The molecule has 1 unspecified atom stereocenters. The molecule has 2 nitrogen and oxygen atoms in total. The number of rotatable bonds is 5. The molecule has 3 aliphatic rings. The van der Waals surface area contributed by atoms with Gasteiger partial charge in [-0.1, -0.05) is 19.9 Å². The van der Waals surface area contributed by atoms with E-state index in [1.165, 1.54) is 44.9 Å². The Morgan fingerprint density at radius 1 is 1.12 bits per heavy atom. The van der Waals surface area contributed by atoms with E-state index in [1.807, 2.05) is 0 Å². The molecule has 5 atom stereocenters. The van der Waals surface area contributed by atoms with Gasteiger partial charge in [-0.25, -0.2) is 0 Å². The molecule has 0 aliphatic heterocycles. The van der Waals surface area contributed by atoms with Gasteiger partial charge in [0.2, 0.25) is 0 Å². The minimum Gasteiger partial charge on any atom is -0.497 e. The van der Waals surface area contributed by atoms with Crippen LogP contribution in [0.15, 0.2) is 18.2 Å². The molecule has 25 heavy (non-hydrogen) atoms. The summed E-state index contributed by atoms with van der Waals surface area (Å²) in [5.74, 6) is 3.52. The lowest BCUT2D eigenvalue weighted by Crippen LogP contribution is -2.46. The van der Waals surface area contributed by atoms with Gasteiger partial charge >= 0.3 is 0 Å². The summed E-state index contributed by atoms with van der Waals surface area (Å²) in [5, 5.41) is 0. The maximum atomic E-state index is 6.38. The van der Waals surface area contributed by atoms with Gasteiger partial charge in [-0.05, 0) is 97.8 Å². The van der Waals surface area contributed by atoms with Crippen LogP contribution in [0.1, 0.15) is 75.8 Å². The predicted octanol–water partition coefficient (Wildman–Crippen LogP) is 5.74. The summed E-state index contributed by atoms with van der Waals surface area (Å²) in [4.78, 5) is 0. The van der Waals surface area contributed by atoms with Gasteiger partial charge in [-0.3, -0.25) is 0 Å². The molecule has 0 N–H and O–H groups in total. The third kappa shape index (κ3) is 2.72. The number of fused-ring (bicyclic) bond motifs is 5. The minimum atomic E-state index is 0.459. The van der Waals surface area contributed by atoms with Crippen molar-refractivity contribution in [2.45, 2.75) is 77.2 Å². The lowest BCUT2D eigenvalue weighted by molar-refractivity contribution is -0.0767. The van der Waals surface area contributed by atoms with Gasteiger partial charge in [0, 0.05) is 6.61 Å². The topological polar surface area (TPSA) is 18.5 Å². The first kappa shape index (κ1) is 17.4. The fourth-order valence-electron chi connectivity index (χ4n) is 6.62. The van der Waals surface area contributed by atoms with Crippen LogP contribution in [0.3, 0.4) is 0 Å². The first-order valence-corrected chi connectivity index (χ1v) is 10.5. The van der Waals surface area contributed by atoms with Crippen LogP contribution in [0.2, 0.25) is 0 Å². The molecule has 0 amide bonds. The predicted molar refractivity (Wildman–Crippen MR) is 102 cm³/mol. The van der Waals surface area contributed by atoms with Crippen molar-refractivity contribution in [1.82, 2.24) is 0 Å². The zero-order valence-corrected chi connectivity index (χ0v) is 16.2. The molecule has 0 saturated heterocycles. The van der Waals surface area contributed by atoms with Gasteiger partial charge in [0.25, 0.3) is 0 Å².